The summed E-state index contributed by atoms with van der Waals surface area (Å²) in [7, 11) is 1.81. The van der Waals surface area contributed by atoms with E-state index in [1.165, 1.54) is 6.20 Å². The second-order valence-corrected chi connectivity index (χ2v) is 4.63. The standard InChI is InChI=1S/C15H13N3O2/c1-9-5-3-4-6-10(9)13-11(15(19)20)12-14(18(13)2)17-8-7-16-12/h3-8H,1-2H3,(H,19,20). The summed E-state index contributed by atoms with van der Waals surface area (Å²) < 4.78 is 1.79. The Morgan fingerprint density at radius 1 is 1.20 bits per heavy atom. The van der Waals surface area contributed by atoms with Gasteiger partial charge < -0.3 is 9.67 Å². The molecule has 20 heavy (non-hydrogen) atoms. The molecule has 0 bridgehead atoms. The molecule has 0 spiro atoms. The van der Waals surface area contributed by atoms with Gasteiger partial charge in [-0.2, -0.15) is 0 Å². The molecule has 2 heterocycles. The monoisotopic (exact) mass is 267 g/mol. The van der Waals surface area contributed by atoms with Crippen LogP contribution in [0.25, 0.3) is 22.4 Å². The molecule has 1 N–H and O–H groups in total. The smallest absolute Gasteiger partial charge is 0.340 e. The summed E-state index contributed by atoms with van der Waals surface area (Å²) in [6, 6.07) is 7.69. The Labute approximate surface area is 115 Å². The second kappa shape index (κ2) is 4.45. The summed E-state index contributed by atoms with van der Waals surface area (Å²) in [5.74, 6) is -0.991. The summed E-state index contributed by atoms with van der Waals surface area (Å²) >= 11 is 0. The van der Waals surface area contributed by atoms with E-state index < -0.39 is 5.97 Å². The average molecular weight is 267 g/mol. The normalized spacial score (nSPS) is 10.9. The molecular weight excluding hydrogens is 254 g/mol. The highest BCUT2D eigenvalue weighted by Gasteiger charge is 2.24. The van der Waals surface area contributed by atoms with E-state index in [1.54, 1.807) is 10.8 Å². The van der Waals surface area contributed by atoms with Crippen LogP contribution in [0.5, 0.6) is 0 Å². The molecular formula is C15H13N3O2. The lowest BCUT2D eigenvalue weighted by Gasteiger charge is -2.08. The summed E-state index contributed by atoms with van der Waals surface area (Å²) in [5, 5.41) is 9.55. The Morgan fingerprint density at radius 2 is 1.90 bits per heavy atom. The topological polar surface area (TPSA) is 68.0 Å². The number of rotatable bonds is 2. The van der Waals surface area contributed by atoms with Gasteiger partial charge in [0.15, 0.2) is 5.65 Å². The largest absolute Gasteiger partial charge is 0.478 e. The summed E-state index contributed by atoms with van der Waals surface area (Å²) in [4.78, 5) is 20.1. The van der Waals surface area contributed by atoms with Gasteiger partial charge in [-0.15, -0.1) is 0 Å². The Kier molecular flexibility index (Phi) is 2.75. The number of aromatic carboxylic acids is 1. The fourth-order valence-corrected chi connectivity index (χ4v) is 2.49. The van der Waals surface area contributed by atoms with Crippen LogP contribution in [0.1, 0.15) is 15.9 Å². The first-order valence-corrected chi connectivity index (χ1v) is 6.20. The van der Waals surface area contributed by atoms with E-state index in [-0.39, 0.29) is 5.56 Å². The maximum absolute atomic E-state index is 11.7. The molecule has 0 saturated carbocycles. The molecule has 0 unspecified atom stereocenters. The highest BCUT2D eigenvalue weighted by Crippen LogP contribution is 2.32. The van der Waals surface area contributed by atoms with Crippen molar-refractivity contribution in [1.29, 1.82) is 0 Å². The number of nitrogens with zero attached hydrogens (tertiary/aromatic N) is 3. The van der Waals surface area contributed by atoms with Crippen LogP contribution in [0.2, 0.25) is 0 Å². The van der Waals surface area contributed by atoms with Gasteiger partial charge in [0.2, 0.25) is 0 Å². The third kappa shape index (κ3) is 1.67. The van der Waals surface area contributed by atoms with Crippen molar-refractivity contribution in [3.63, 3.8) is 0 Å². The van der Waals surface area contributed by atoms with Crippen LogP contribution in [-0.4, -0.2) is 25.6 Å². The van der Waals surface area contributed by atoms with E-state index in [9.17, 15) is 9.90 Å². The van der Waals surface area contributed by atoms with Crippen molar-refractivity contribution in [2.24, 2.45) is 7.05 Å². The summed E-state index contributed by atoms with van der Waals surface area (Å²) in [6.07, 6.45) is 3.08. The van der Waals surface area contributed by atoms with Crippen molar-refractivity contribution in [1.82, 2.24) is 14.5 Å². The highest BCUT2D eigenvalue weighted by atomic mass is 16.4. The van der Waals surface area contributed by atoms with Crippen molar-refractivity contribution in [2.45, 2.75) is 6.92 Å². The average Bonchev–Trinajstić information content (AvgIpc) is 2.73. The molecule has 0 fully saturated rings. The molecule has 5 nitrogen and oxygen atoms in total. The quantitative estimate of drug-likeness (QED) is 0.775. The summed E-state index contributed by atoms with van der Waals surface area (Å²) in [5.41, 5.74) is 3.72. The zero-order chi connectivity index (χ0) is 14.3. The zero-order valence-electron chi connectivity index (χ0n) is 11.2. The first-order valence-electron chi connectivity index (χ1n) is 6.20. The van der Waals surface area contributed by atoms with E-state index in [1.807, 2.05) is 38.2 Å². The first kappa shape index (κ1) is 12.3. The van der Waals surface area contributed by atoms with Crippen LogP contribution in [0.3, 0.4) is 0 Å². The van der Waals surface area contributed by atoms with Crippen molar-refractivity contribution in [3.05, 3.63) is 47.8 Å². The Bertz CT molecular complexity index is 821. The molecule has 3 rings (SSSR count). The first-order chi connectivity index (χ1) is 9.61. The zero-order valence-corrected chi connectivity index (χ0v) is 11.2. The number of carbonyl (C=O) groups is 1. The van der Waals surface area contributed by atoms with Crippen LogP contribution < -0.4 is 0 Å². The molecule has 0 amide bonds. The van der Waals surface area contributed by atoms with E-state index in [0.29, 0.717) is 16.9 Å². The lowest BCUT2D eigenvalue weighted by Crippen LogP contribution is -2.01. The van der Waals surface area contributed by atoms with Gasteiger partial charge in [0, 0.05) is 25.0 Å². The highest BCUT2D eigenvalue weighted by molar-refractivity contribution is 6.07. The minimum absolute atomic E-state index is 0.199. The number of carboxylic acids is 1. The van der Waals surface area contributed by atoms with Gasteiger partial charge in [0.25, 0.3) is 0 Å². The lowest BCUT2D eigenvalue weighted by molar-refractivity contribution is 0.0699. The predicted octanol–water partition coefficient (Wildman–Crippen LogP) is 2.64. The number of aromatic nitrogens is 3. The molecule has 3 aromatic rings. The van der Waals surface area contributed by atoms with Crippen LogP contribution in [0.15, 0.2) is 36.7 Å². The van der Waals surface area contributed by atoms with Crippen molar-refractivity contribution >= 4 is 17.1 Å². The number of carboxylic acid groups (broad SMARTS) is 1. The molecule has 0 aliphatic rings. The Balaban J connectivity index is 2.47. The molecule has 2 aromatic heterocycles. The summed E-state index contributed by atoms with van der Waals surface area (Å²) in [6.45, 7) is 1.96. The lowest BCUT2D eigenvalue weighted by atomic mass is 10.0. The van der Waals surface area contributed by atoms with Gasteiger partial charge in [0.1, 0.15) is 11.1 Å². The number of hydrogen-bond acceptors (Lipinski definition) is 3. The molecule has 5 heteroatoms. The maximum Gasteiger partial charge on any atom is 0.340 e. The van der Waals surface area contributed by atoms with E-state index in [4.69, 9.17) is 0 Å². The maximum atomic E-state index is 11.7. The Morgan fingerprint density at radius 3 is 2.60 bits per heavy atom. The van der Waals surface area contributed by atoms with Gasteiger partial charge in [-0.25, -0.2) is 9.78 Å². The van der Waals surface area contributed by atoms with Gasteiger partial charge in [-0.3, -0.25) is 4.98 Å². The van der Waals surface area contributed by atoms with Gasteiger partial charge in [-0.05, 0) is 12.5 Å². The molecule has 100 valence electrons. The minimum atomic E-state index is -0.991. The number of aryl methyl sites for hydroxylation is 2. The Hall–Kier alpha value is -2.69. The second-order valence-electron chi connectivity index (χ2n) is 4.63. The molecule has 0 atom stereocenters. The predicted molar refractivity (Wildman–Crippen MR) is 75.6 cm³/mol. The van der Waals surface area contributed by atoms with E-state index in [2.05, 4.69) is 9.97 Å². The minimum Gasteiger partial charge on any atom is -0.478 e. The van der Waals surface area contributed by atoms with Crippen molar-refractivity contribution in [3.8, 4) is 11.3 Å². The molecule has 0 aliphatic heterocycles. The number of fused-ring (bicyclic) bond motifs is 1. The number of hydrogen-bond donors (Lipinski definition) is 1. The molecule has 1 aromatic carbocycles. The van der Waals surface area contributed by atoms with Crippen molar-refractivity contribution in [2.75, 3.05) is 0 Å². The van der Waals surface area contributed by atoms with Gasteiger partial charge in [0.05, 0.1) is 5.69 Å². The molecule has 0 saturated heterocycles. The third-order valence-corrected chi connectivity index (χ3v) is 3.42. The van der Waals surface area contributed by atoms with Gasteiger partial charge >= 0.3 is 5.97 Å². The SMILES string of the molecule is Cc1ccccc1-c1c(C(=O)O)c2nccnc2n1C. The fourth-order valence-electron chi connectivity index (χ4n) is 2.49. The number of benzene rings is 1. The van der Waals surface area contributed by atoms with Gasteiger partial charge in [-0.1, -0.05) is 24.3 Å². The van der Waals surface area contributed by atoms with Crippen LogP contribution >= 0.6 is 0 Å². The van der Waals surface area contributed by atoms with Crippen LogP contribution in [-0.2, 0) is 7.05 Å². The fraction of sp³-hybridized carbons (Fsp3) is 0.133. The molecule has 0 radical (unpaired) electrons. The van der Waals surface area contributed by atoms with Crippen LogP contribution in [0, 0.1) is 6.92 Å². The van der Waals surface area contributed by atoms with Crippen LogP contribution in [0.4, 0.5) is 0 Å². The molecule has 0 aliphatic carbocycles. The van der Waals surface area contributed by atoms with Crippen molar-refractivity contribution < 1.29 is 9.90 Å². The van der Waals surface area contributed by atoms with E-state index in [0.717, 1.165) is 11.1 Å². The third-order valence-electron chi connectivity index (χ3n) is 3.42. The van der Waals surface area contributed by atoms with E-state index >= 15 is 0 Å².